The Bertz CT molecular complexity index is 831. The topological polar surface area (TPSA) is 57.5 Å². The molecule has 2 N–H and O–H groups in total. The summed E-state index contributed by atoms with van der Waals surface area (Å²) in [7, 11) is 1.82. The van der Waals surface area contributed by atoms with Crippen molar-refractivity contribution in [3.8, 4) is 5.69 Å². The molecule has 1 aromatic heterocycles. The number of hydrogen-bond donors (Lipinski definition) is 2. The number of nitrogens with zero attached hydrogens (tertiary/aromatic N) is 4. The Labute approximate surface area is 201 Å². The minimum atomic E-state index is -0.238. The molecule has 2 heterocycles. The number of guanidine groups is 1. The molecule has 2 aromatic rings. The van der Waals surface area contributed by atoms with Crippen molar-refractivity contribution in [2.45, 2.75) is 44.6 Å². The Morgan fingerprint density at radius 1 is 1.16 bits per heavy atom. The van der Waals surface area contributed by atoms with Crippen LogP contribution in [0.2, 0.25) is 0 Å². The van der Waals surface area contributed by atoms with Crippen LogP contribution in [-0.2, 0) is 6.42 Å². The fraction of sp³-hybridized carbons (Fsp3) is 0.565. The van der Waals surface area contributed by atoms with Gasteiger partial charge in [-0.15, -0.1) is 24.0 Å². The molecule has 31 heavy (non-hydrogen) atoms. The summed E-state index contributed by atoms with van der Waals surface area (Å²) >= 11 is 0. The highest BCUT2D eigenvalue weighted by Crippen LogP contribution is 2.26. The lowest BCUT2D eigenvalue weighted by Crippen LogP contribution is -2.45. The predicted molar refractivity (Wildman–Crippen MR) is 134 cm³/mol. The van der Waals surface area contributed by atoms with Gasteiger partial charge in [-0.05, 0) is 55.5 Å². The van der Waals surface area contributed by atoms with E-state index in [2.05, 4.69) is 25.6 Å². The first-order valence-electron chi connectivity index (χ1n) is 11.2. The summed E-state index contributed by atoms with van der Waals surface area (Å²) in [5, 5.41) is 11.6. The lowest BCUT2D eigenvalue weighted by atomic mass is 10.1. The summed E-state index contributed by atoms with van der Waals surface area (Å²) in [5.74, 6) is 1.54. The van der Waals surface area contributed by atoms with E-state index in [-0.39, 0.29) is 29.8 Å². The average molecular weight is 540 g/mol. The van der Waals surface area contributed by atoms with E-state index in [1.165, 1.54) is 57.3 Å². The van der Waals surface area contributed by atoms with Gasteiger partial charge in [0.1, 0.15) is 5.82 Å². The summed E-state index contributed by atoms with van der Waals surface area (Å²) in [6, 6.07) is 8.83. The first-order chi connectivity index (χ1) is 14.7. The molecule has 0 bridgehead atoms. The number of hydrogen-bond acceptors (Lipinski definition) is 3. The van der Waals surface area contributed by atoms with Crippen molar-refractivity contribution >= 4 is 29.9 Å². The number of aliphatic imine (C=N–C) groups is 1. The van der Waals surface area contributed by atoms with Crippen LogP contribution in [0.1, 0.15) is 37.8 Å². The predicted octanol–water partition coefficient (Wildman–Crippen LogP) is 3.60. The second-order valence-corrected chi connectivity index (χ2v) is 8.52. The van der Waals surface area contributed by atoms with Crippen molar-refractivity contribution in [3.05, 3.63) is 48.0 Å². The summed E-state index contributed by atoms with van der Waals surface area (Å²) in [6.07, 6.45) is 9.54. The molecule has 1 atom stereocenters. The summed E-state index contributed by atoms with van der Waals surface area (Å²) in [5.41, 5.74) is 1.85. The Kier molecular flexibility index (Phi) is 9.13. The largest absolute Gasteiger partial charge is 0.356 e. The van der Waals surface area contributed by atoms with Crippen LogP contribution >= 0.6 is 24.0 Å². The van der Waals surface area contributed by atoms with Gasteiger partial charge < -0.3 is 15.5 Å². The Balaban J connectivity index is 0.00000272. The van der Waals surface area contributed by atoms with Crippen LogP contribution in [-0.4, -0.2) is 59.9 Å². The SMILES string of the molecule is CN=C(NCCc1ccn(-c2ccc(F)cc2)n1)NC1CCN(CC2CCCC2)C1.I. The van der Waals surface area contributed by atoms with Gasteiger partial charge in [0.2, 0.25) is 0 Å². The van der Waals surface area contributed by atoms with E-state index < -0.39 is 0 Å². The third-order valence-electron chi connectivity index (χ3n) is 6.24. The highest BCUT2D eigenvalue weighted by atomic mass is 127. The van der Waals surface area contributed by atoms with E-state index in [9.17, 15) is 4.39 Å². The zero-order valence-corrected chi connectivity index (χ0v) is 20.6. The molecule has 6 nitrogen and oxygen atoms in total. The van der Waals surface area contributed by atoms with E-state index >= 15 is 0 Å². The first kappa shape index (κ1) is 24.0. The third-order valence-corrected chi connectivity index (χ3v) is 6.24. The van der Waals surface area contributed by atoms with Crippen molar-refractivity contribution in [3.63, 3.8) is 0 Å². The fourth-order valence-electron chi connectivity index (χ4n) is 4.60. The molecule has 0 spiro atoms. The van der Waals surface area contributed by atoms with Crippen LogP contribution in [0.5, 0.6) is 0 Å². The van der Waals surface area contributed by atoms with E-state index in [1.54, 1.807) is 16.8 Å². The van der Waals surface area contributed by atoms with Gasteiger partial charge in [-0.1, -0.05) is 12.8 Å². The quantitative estimate of drug-likeness (QED) is 0.320. The maximum Gasteiger partial charge on any atom is 0.191 e. The molecule has 0 amide bonds. The second-order valence-electron chi connectivity index (χ2n) is 8.52. The number of benzene rings is 1. The van der Waals surface area contributed by atoms with Gasteiger partial charge in [-0.3, -0.25) is 4.99 Å². The molecule has 8 heteroatoms. The smallest absolute Gasteiger partial charge is 0.191 e. The lowest BCUT2D eigenvalue weighted by molar-refractivity contribution is 0.275. The standard InChI is InChI=1S/C23H33FN6.HI/c1-25-23(27-21-11-14-29(17-21)16-18-4-2-3-5-18)26-13-10-20-12-15-30(28-20)22-8-6-19(24)7-9-22;/h6-9,12,15,18,21H,2-5,10-11,13-14,16-17H2,1H3,(H2,25,26,27);1H. The Morgan fingerprint density at radius 3 is 2.68 bits per heavy atom. The molecule has 1 saturated heterocycles. The molecule has 1 saturated carbocycles. The maximum atomic E-state index is 13.1. The van der Waals surface area contributed by atoms with Gasteiger partial charge in [0.15, 0.2) is 5.96 Å². The molecule has 0 radical (unpaired) electrons. The minimum Gasteiger partial charge on any atom is -0.356 e. The molecule has 2 fully saturated rings. The Morgan fingerprint density at radius 2 is 1.94 bits per heavy atom. The van der Waals surface area contributed by atoms with Crippen molar-refractivity contribution in [1.82, 2.24) is 25.3 Å². The molecule has 1 aliphatic carbocycles. The van der Waals surface area contributed by atoms with Crippen LogP contribution in [0, 0.1) is 11.7 Å². The summed E-state index contributed by atoms with van der Waals surface area (Å²) < 4.78 is 14.9. The van der Waals surface area contributed by atoms with Crippen LogP contribution in [0.15, 0.2) is 41.5 Å². The van der Waals surface area contributed by atoms with Gasteiger partial charge in [-0.25, -0.2) is 9.07 Å². The highest BCUT2D eigenvalue weighted by Gasteiger charge is 2.26. The molecular formula is C23H34FIN6. The number of likely N-dealkylation sites (tertiary alicyclic amines) is 1. The minimum absolute atomic E-state index is 0. The molecule has 1 aliphatic heterocycles. The van der Waals surface area contributed by atoms with Gasteiger partial charge in [0.25, 0.3) is 0 Å². The Hall–Kier alpha value is -1.68. The number of halogens is 2. The molecule has 170 valence electrons. The molecule has 1 unspecified atom stereocenters. The highest BCUT2D eigenvalue weighted by molar-refractivity contribution is 14.0. The maximum absolute atomic E-state index is 13.1. The number of aromatic nitrogens is 2. The molecule has 2 aliphatic rings. The third kappa shape index (κ3) is 6.90. The monoisotopic (exact) mass is 540 g/mol. The van der Waals surface area contributed by atoms with Gasteiger partial charge in [0, 0.05) is 51.9 Å². The first-order valence-corrected chi connectivity index (χ1v) is 11.2. The van der Waals surface area contributed by atoms with Crippen LogP contribution in [0.25, 0.3) is 5.69 Å². The van der Waals surface area contributed by atoms with Gasteiger partial charge in [-0.2, -0.15) is 5.10 Å². The van der Waals surface area contributed by atoms with Gasteiger partial charge >= 0.3 is 0 Å². The van der Waals surface area contributed by atoms with Crippen molar-refractivity contribution in [1.29, 1.82) is 0 Å². The van der Waals surface area contributed by atoms with Crippen molar-refractivity contribution in [2.24, 2.45) is 10.9 Å². The fourth-order valence-corrected chi connectivity index (χ4v) is 4.60. The summed E-state index contributed by atoms with van der Waals surface area (Å²) in [6.45, 7) is 4.32. The number of nitrogens with one attached hydrogen (secondary N) is 2. The molecule has 1 aromatic carbocycles. The zero-order chi connectivity index (χ0) is 20.8. The van der Waals surface area contributed by atoms with Crippen LogP contribution in [0.3, 0.4) is 0 Å². The summed E-state index contributed by atoms with van der Waals surface area (Å²) in [4.78, 5) is 7.00. The van der Waals surface area contributed by atoms with Crippen molar-refractivity contribution in [2.75, 3.05) is 33.2 Å². The molecular weight excluding hydrogens is 506 g/mol. The van der Waals surface area contributed by atoms with E-state index in [0.29, 0.717) is 6.04 Å². The normalized spacial score (nSPS) is 20.1. The zero-order valence-electron chi connectivity index (χ0n) is 18.3. The average Bonchev–Trinajstić information content (AvgIpc) is 3.51. The lowest BCUT2D eigenvalue weighted by Gasteiger charge is -2.21. The van der Waals surface area contributed by atoms with Gasteiger partial charge in [0.05, 0.1) is 11.4 Å². The van der Waals surface area contributed by atoms with Crippen molar-refractivity contribution < 1.29 is 4.39 Å². The van der Waals surface area contributed by atoms with Crippen LogP contribution in [0.4, 0.5) is 4.39 Å². The second kappa shape index (κ2) is 11.8. The van der Waals surface area contributed by atoms with E-state index in [1.807, 2.05) is 19.3 Å². The number of rotatable bonds is 7. The van der Waals surface area contributed by atoms with E-state index in [4.69, 9.17) is 0 Å². The molecule has 4 rings (SSSR count). The van der Waals surface area contributed by atoms with Crippen LogP contribution < -0.4 is 10.6 Å². The van der Waals surface area contributed by atoms with E-state index in [0.717, 1.165) is 42.8 Å².